The number of carbonyl (C=O) groups excluding carboxylic acids is 1. The van der Waals surface area contributed by atoms with E-state index in [1.165, 1.54) is 7.11 Å². The summed E-state index contributed by atoms with van der Waals surface area (Å²) in [4.78, 5) is 10.8. The van der Waals surface area contributed by atoms with Crippen molar-refractivity contribution in [3.8, 4) is 5.75 Å². The Kier molecular flexibility index (Phi) is 5.18. The van der Waals surface area contributed by atoms with E-state index in [2.05, 4.69) is 20.7 Å². The Morgan fingerprint density at radius 1 is 1.33 bits per heavy atom. The standard InChI is InChI=1S/C11H13BrO3/c1-14-11(13)3-2-8-15-10-6-4-9(12)5-7-10/h4-7H,2-3,8H2,1H3. The van der Waals surface area contributed by atoms with Crippen molar-refractivity contribution >= 4 is 21.9 Å². The fourth-order valence-electron chi connectivity index (χ4n) is 1.04. The summed E-state index contributed by atoms with van der Waals surface area (Å²) < 4.78 is 11.0. The van der Waals surface area contributed by atoms with Gasteiger partial charge in [0, 0.05) is 10.9 Å². The molecule has 0 radical (unpaired) electrons. The third-order valence-corrected chi connectivity index (χ3v) is 2.36. The van der Waals surface area contributed by atoms with Crippen LogP contribution in [0, 0.1) is 0 Å². The van der Waals surface area contributed by atoms with Gasteiger partial charge in [-0.3, -0.25) is 4.79 Å². The lowest BCUT2D eigenvalue weighted by atomic mass is 10.3. The summed E-state index contributed by atoms with van der Waals surface area (Å²) in [6.07, 6.45) is 1.07. The van der Waals surface area contributed by atoms with Crippen molar-refractivity contribution in [3.63, 3.8) is 0 Å². The van der Waals surface area contributed by atoms with E-state index >= 15 is 0 Å². The van der Waals surface area contributed by atoms with Crippen molar-refractivity contribution in [1.29, 1.82) is 0 Å². The molecular weight excluding hydrogens is 260 g/mol. The predicted octanol–water partition coefficient (Wildman–Crippen LogP) is 2.78. The number of ether oxygens (including phenoxy) is 2. The zero-order valence-electron chi connectivity index (χ0n) is 8.53. The molecule has 0 bridgehead atoms. The van der Waals surface area contributed by atoms with Crippen molar-refractivity contribution in [2.45, 2.75) is 12.8 Å². The van der Waals surface area contributed by atoms with E-state index in [0.717, 1.165) is 10.2 Å². The van der Waals surface area contributed by atoms with Crippen LogP contribution < -0.4 is 4.74 Å². The summed E-state index contributed by atoms with van der Waals surface area (Å²) in [5.74, 6) is 0.609. The molecule has 0 aliphatic heterocycles. The van der Waals surface area contributed by atoms with Gasteiger partial charge in [0.15, 0.2) is 0 Å². The number of halogens is 1. The Balaban J connectivity index is 2.20. The number of rotatable bonds is 5. The summed E-state index contributed by atoms with van der Waals surface area (Å²) in [7, 11) is 1.39. The van der Waals surface area contributed by atoms with Gasteiger partial charge < -0.3 is 9.47 Å². The van der Waals surface area contributed by atoms with Crippen LogP contribution in [0.2, 0.25) is 0 Å². The minimum atomic E-state index is -0.200. The van der Waals surface area contributed by atoms with Crippen LogP contribution in [0.25, 0.3) is 0 Å². The van der Waals surface area contributed by atoms with Crippen LogP contribution >= 0.6 is 15.9 Å². The molecule has 0 atom stereocenters. The maximum atomic E-state index is 10.8. The van der Waals surface area contributed by atoms with Crippen molar-refractivity contribution in [2.24, 2.45) is 0 Å². The van der Waals surface area contributed by atoms with Gasteiger partial charge in [0.05, 0.1) is 13.7 Å². The monoisotopic (exact) mass is 272 g/mol. The Labute approximate surface area is 97.5 Å². The second-order valence-electron chi connectivity index (χ2n) is 2.98. The highest BCUT2D eigenvalue weighted by Gasteiger charge is 1.99. The number of benzene rings is 1. The van der Waals surface area contributed by atoms with Crippen LogP contribution in [0.5, 0.6) is 5.75 Å². The topological polar surface area (TPSA) is 35.5 Å². The number of hydrogen-bond acceptors (Lipinski definition) is 3. The molecule has 1 aromatic rings. The summed E-state index contributed by atoms with van der Waals surface area (Å²) in [6, 6.07) is 7.58. The summed E-state index contributed by atoms with van der Waals surface area (Å²) >= 11 is 3.34. The first-order valence-electron chi connectivity index (χ1n) is 4.67. The minimum Gasteiger partial charge on any atom is -0.494 e. The summed E-state index contributed by atoms with van der Waals surface area (Å²) in [5.41, 5.74) is 0. The quantitative estimate of drug-likeness (QED) is 0.611. The Morgan fingerprint density at radius 3 is 2.60 bits per heavy atom. The molecule has 0 heterocycles. The van der Waals surface area contributed by atoms with Gasteiger partial charge in [-0.05, 0) is 30.7 Å². The zero-order valence-corrected chi connectivity index (χ0v) is 10.1. The number of methoxy groups -OCH3 is 1. The van der Waals surface area contributed by atoms with Gasteiger partial charge in [-0.1, -0.05) is 15.9 Å². The first-order valence-corrected chi connectivity index (χ1v) is 5.47. The van der Waals surface area contributed by atoms with Gasteiger partial charge in [0.2, 0.25) is 0 Å². The van der Waals surface area contributed by atoms with Crippen LogP contribution in [0.4, 0.5) is 0 Å². The van der Waals surface area contributed by atoms with Crippen LogP contribution in [-0.2, 0) is 9.53 Å². The van der Waals surface area contributed by atoms with E-state index in [1.807, 2.05) is 24.3 Å². The molecule has 4 heteroatoms. The van der Waals surface area contributed by atoms with Crippen molar-refractivity contribution < 1.29 is 14.3 Å². The molecule has 0 aliphatic rings. The minimum absolute atomic E-state index is 0.200. The predicted molar refractivity (Wildman–Crippen MR) is 60.9 cm³/mol. The van der Waals surface area contributed by atoms with Gasteiger partial charge in [-0.25, -0.2) is 0 Å². The summed E-state index contributed by atoms with van der Waals surface area (Å²) in [6.45, 7) is 0.525. The molecule has 1 rings (SSSR count). The molecule has 3 nitrogen and oxygen atoms in total. The normalized spacial score (nSPS) is 9.73. The molecule has 0 spiro atoms. The number of carbonyl (C=O) groups is 1. The number of esters is 1. The molecule has 0 saturated carbocycles. The van der Waals surface area contributed by atoms with Gasteiger partial charge >= 0.3 is 5.97 Å². The second kappa shape index (κ2) is 6.45. The third kappa shape index (κ3) is 4.83. The average molecular weight is 273 g/mol. The molecule has 0 aliphatic carbocycles. The lowest BCUT2D eigenvalue weighted by Gasteiger charge is -2.05. The molecule has 0 aromatic heterocycles. The van der Waals surface area contributed by atoms with Gasteiger partial charge in [0.25, 0.3) is 0 Å². The van der Waals surface area contributed by atoms with E-state index in [9.17, 15) is 4.79 Å². The van der Waals surface area contributed by atoms with Crippen molar-refractivity contribution in [2.75, 3.05) is 13.7 Å². The average Bonchev–Trinajstić information content (AvgIpc) is 2.26. The summed E-state index contributed by atoms with van der Waals surface area (Å²) in [5, 5.41) is 0. The van der Waals surface area contributed by atoms with Crippen molar-refractivity contribution in [3.05, 3.63) is 28.7 Å². The highest BCUT2D eigenvalue weighted by atomic mass is 79.9. The fourth-order valence-corrected chi connectivity index (χ4v) is 1.30. The van der Waals surface area contributed by atoms with Crippen molar-refractivity contribution in [1.82, 2.24) is 0 Å². The molecule has 1 aromatic carbocycles. The van der Waals surface area contributed by atoms with Gasteiger partial charge in [-0.2, -0.15) is 0 Å². The fraction of sp³-hybridized carbons (Fsp3) is 0.364. The number of hydrogen-bond donors (Lipinski definition) is 0. The lowest BCUT2D eigenvalue weighted by molar-refractivity contribution is -0.140. The molecule has 0 saturated heterocycles. The van der Waals surface area contributed by atoms with E-state index in [-0.39, 0.29) is 5.97 Å². The highest BCUT2D eigenvalue weighted by molar-refractivity contribution is 9.10. The van der Waals surface area contributed by atoms with Crippen LogP contribution in [0.3, 0.4) is 0 Å². The SMILES string of the molecule is COC(=O)CCCOc1ccc(Br)cc1. The Bertz CT molecular complexity index is 308. The molecule has 82 valence electrons. The molecule has 0 N–H and O–H groups in total. The second-order valence-corrected chi connectivity index (χ2v) is 3.90. The van der Waals surface area contributed by atoms with E-state index in [0.29, 0.717) is 19.4 Å². The lowest BCUT2D eigenvalue weighted by Crippen LogP contribution is -2.04. The maximum Gasteiger partial charge on any atom is 0.305 e. The van der Waals surface area contributed by atoms with E-state index in [4.69, 9.17) is 4.74 Å². The first kappa shape index (κ1) is 12.0. The molecule has 0 amide bonds. The van der Waals surface area contributed by atoms with E-state index in [1.54, 1.807) is 0 Å². The van der Waals surface area contributed by atoms with Crippen LogP contribution in [0.15, 0.2) is 28.7 Å². The Hall–Kier alpha value is -1.03. The maximum absolute atomic E-state index is 10.8. The first-order chi connectivity index (χ1) is 7.22. The molecular formula is C11H13BrO3. The molecule has 15 heavy (non-hydrogen) atoms. The van der Waals surface area contributed by atoms with E-state index < -0.39 is 0 Å². The zero-order chi connectivity index (χ0) is 11.1. The molecule has 0 unspecified atom stereocenters. The largest absolute Gasteiger partial charge is 0.494 e. The third-order valence-electron chi connectivity index (χ3n) is 1.84. The smallest absolute Gasteiger partial charge is 0.305 e. The highest BCUT2D eigenvalue weighted by Crippen LogP contribution is 2.16. The van der Waals surface area contributed by atoms with Gasteiger partial charge in [-0.15, -0.1) is 0 Å². The van der Waals surface area contributed by atoms with Crippen LogP contribution in [-0.4, -0.2) is 19.7 Å². The molecule has 0 fully saturated rings. The Morgan fingerprint density at radius 2 is 2.00 bits per heavy atom. The van der Waals surface area contributed by atoms with Crippen LogP contribution in [0.1, 0.15) is 12.8 Å². The van der Waals surface area contributed by atoms with Gasteiger partial charge in [0.1, 0.15) is 5.75 Å².